The van der Waals surface area contributed by atoms with E-state index in [1.807, 2.05) is 0 Å². The van der Waals surface area contributed by atoms with Crippen LogP contribution in [-0.4, -0.2) is 41.7 Å². The Morgan fingerprint density at radius 3 is 2.73 bits per heavy atom. The Bertz CT molecular complexity index is 933. The van der Waals surface area contributed by atoms with Crippen LogP contribution >= 0.6 is 0 Å². The van der Waals surface area contributed by atoms with Crippen LogP contribution in [-0.2, 0) is 0 Å². The third-order valence-corrected chi connectivity index (χ3v) is 4.06. The van der Waals surface area contributed by atoms with Crippen LogP contribution in [0.2, 0.25) is 0 Å². The number of halogens is 1. The standard InChI is InChI=1S/C17H18FN7O/c1-10-14-16(24(4)17(26)23(10)3)22-15(21-14)12(19)9-25(20-2)13-8-6-5-7-11(13)18/h5-9H,1-2,19H2,3-4H3,(H,21,22)/b12-9-. The summed E-state index contributed by atoms with van der Waals surface area (Å²) >= 11 is 0. The van der Waals surface area contributed by atoms with Crippen molar-refractivity contribution in [3.8, 4) is 0 Å². The number of benzene rings is 1. The predicted molar refractivity (Wildman–Crippen MR) is 99.8 cm³/mol. The van der Waals surface area contributed by atoms with Crippen LogP contribution in [0.4, 0.5) is 20.7 Å². The smallest absolute Gasteiger partial charge is 0.329 e. The van der Waals surface area contributed by atoms with E-state index >= 15 is 0 Å². The van der Waals surface area contributed by atoms with Crippen LogP contribution in [0.3, 0.4) is 0 Å². The molecule has 26 heavy (non-hydrogen) atoms. The van der Waals surface area contributed by atoms with Gasteiger partial charge in [0.05, 0.1) is 17.6 Å². The molecule has 1 aliphatic heterocycles. The van der Waals surface area contributed by atoms with E-state index in [-0.39, 0.29) is 17.4 Å². The van der Waals surface area contributed by atoms with Gasteiger partial charge in [0, 0.05) is 20.8 Å². The molecule has 2 heterocycles. The van der Waals surface area contributed by atoms with Gasteiger partial charge in [-0.25, -0.2) is 19.2 Å². The number of amides is 2. The number of imidazole rings is 1. The summed E-state index contributed by atoms with van der Waals surface area (Å²) in [7, 11) is 3.22. The molecule has 2 aromatic rings. The number of nitrogens with one attached hydrogen (secondary N) is 1. The average Bonchev–Trinajstić information content (AvgIpc) is 3.09. The zero-order chi connectivity index (χ0) is 19.0. The first kappa shape index (κ1) is 17.2. The number of hydrogen-bond acceptors (Lipinski definition) is 5. The summed E-state index contributed by atoms with van der Waals surface area (Å²) in [6.07, 6.45) is 1.39. The molecule has 0 aliphatic carbocycles. The molecule has 0 saturated heterocycles. The molecule has 1 aromatic carbocycles. The molecule has 0 atom stereocenters. The molecule has 0 saturated carbocycles. The van der Waals surface area contributed by atoms with Gasteiger partial charge in [-0.1, -0.05) is 18.7 Å². The van der Waals surface area contributed by atoms with E-state index in [1.165, 1.54) is 27.1 Å². The summed E-state index contributed by atoms with van der Waals surface area (Å²) in [5.41, 5.74) is 7.53. The summed E-state index contributed by atoms with van der Waals surface area (Å²) in [4.78, 5) is 22.3. The number of aromatic nitrogens is 2. The number of H-pyrrole nitrogens is 1. The fraction of sp³-hybridized carbons (Fsp3) is 0.118. The van der Waals surface area contributed by atoms with Gasteiger partial charge in [0.1, 0.15) is 17.2 Å². The molecule has 8 nitrogen and oxygen atoms in total. The topological polar surface area (TPSA) is 93.8 Å². The van der Waals surface area contributed by atoms with E-state index in [9.17, 15) is 9.18 Å². The first-order valence-corrected chi connectivity index (χ1v) is 7.64. The highest BCUT2D eigenvalue weighted by Gasteiger charge is 2.32. The minimum Gasteiger partial charge on any atom is -0.394 e. The molecule has 3 N–H and O–H groups in total. The Kier molecular flexibility index (Phi) is 4.21. The third-order valence-electron chi connectivity index (χ3n) is 4.06. The van der Waals surface area contributed by atoms with Crippen molar-refractivity contribution in [2.45, 2.75) is 0 Å². The molecule has 0 radical (unpaired) electrons. The van der Waals surface area contributed by atoms with Crippen LogP contribution in [0, 0.1) is 5.82 Å². The Hall–Kier alpha value is -3.62. The molecule has 0 unspecified atom stereocenters. The number of hydrogen-bond donors (Lipinski definition) is 2. The number of aromatic amines is 1. The van der Waals surface area contributed by atoms with Gasteiger partial charge in [-0.2, -0.15) is 5.10 Å². The van der Waals surface area contributed by atoms with Crippen molar-refractivity contribution in [3.05, 3.63) is 54.4 Å². The highest BCUT2D eigenvalue weighted by atomic mass is 19.1. The van der Waals surface area contributed by atoms with Gasteiger partial charge in [0.2, 0.25) is 0 Å². The van der Waals surface area contributed by atoms with Crippen LogP contribution < -0.4 is 15.6 Å². The largest absolute Gasteiger partial charge is 0.394 e. The number of para-hydroxylation sites is 1. The number of carbonyl (C=O) groups excluding carboxylic acids is 1. The highest BCUT2D eigenvalue weighted by molar-refractivity contribution is 6.02. The predicted octanol–water partition coefficient (Wildman–Crippen LogP) is 2.40. The Morgan fingerprint density at radius 1 is 1.38 bits per heavy atom. The Labute approximate surface area is 149 Å². The lowest BCUT2D eigenvalue weighted by Gasteiger charge is -2.30. The zero-order valence-corrected chi connectivity index (χ0v) is 14.4. The average molecular weight is 355 g/mol. The normalized spacial score (nSPS) is 14.5. The maximum Gasteiger partial charge on any atom is 0.329 e. The molecule has 9 heteroatoms. The number of fused-ring (bicyclic) bond motifs is 1. The van der Waals surface area contributed by atoms with Gasteiger partial charge in [-0.05, 0) is 12.1 Å². The summed E-state index contributed by atoms with van der Waals surface area (Å²) in [6.45, 7) is 7.33. The van der Waals surface area contributed by atoms with Gasteiger partial charge in [-0.3, -0.25) is 9.80 Å². The number of hydrazone groups is 1. The van der Waals surface area contributed by atoms with E-state index in [0.29, 0.717) is 23.0 Å². The van der Waals surface area contributed by atoms with E-state index in [1.54, 1.807) is 32.3 Å². The van der Waals surface area contributed by atoms with E-state index in [2.05, 4.69) is 28.4 Å². The Morgan fingerprint density at radius 2 is 2.08 bits per heavy atom. The highest BCUT2D eigenvalue weighted by Crippen LogP contribution is 2.32. The SMILES string of the molecule is C=NN(/C=C(\N)c1nc2c([nH]1)C(=C)N(C)C(=O)N2C)c1ccccc1F. The maximum atomic E-state index is 14.0. The third kappa shape index (κ3) is 2.69. The number of carbonyl (C=O) groups is 1. The molecule has 0 bridgehead atoms. The lowest BCUT2D eigenvalue weighted by molar-refractivity contribution is 0.230. The quantitative estimate of drug-likeness (QED) is 0.650. The van der Waals surface area contributed by atoms with Crippen molar-refractivity contribution in [3.63, 3.8) is 0 Å². The van der Waals surface area contributed by atoms with Gasteiger partial charge >= 0.3 is 6.03 Å². The maximum absolute atomic E-state index is 14.0. The number of nitrogens with zero attached hydrogens (tertiary/aromatic N) is 5. The van der Waals surface area contributed by atoms with E-state index in [4.69, 9.17) is 5.73 Å². The second-order valence-electron chi connectivity index (χ2n) is 5.65. The van der Waals surface area contributed by atoms with Crippen LogP contribution in [0.15, 0.2) is 42.1 Å². The molecular formula is C17H18FN7O. The molecule has 3 rings (SSSR count). The second-order valence-corrected chi connectivity index (χ2v) is 5.65. The minimum atomic E-state index is -0.469. The van der Waals surface area contributed by atoms with Crippen molar-refractivity contribution in [2.75, 3.05) is 24.0 Å². The molecule has 0 spiro atoms. The lowest BCUT2D eigenvalue weighted by atomic mass is 10.2. The van der Waals surface area contributed by atoms with Crippen LogP contribution in [0.1, 0.15) is 11.5 Å². The summed E-state index contributed by atoms with van der Waals surface area (Å²) < 4.78 is 14.0. The first-order chi connectivity index (χ1) is 12.3. The second kappa shape index (κ2) is 6.36. The van der Waals surface area contributed by atoms with E-state index < -0.39 is 5.82 Å². The van der Waals surface area contributed by atoms with Crippen LogP contribution in [0.5, 0.6) is 0 Å². The van der Waals surface area contributed by atoms with Crippen molar-refractivity contribution in [2.24, 2.45) is 10.8 Å². The van der Waals surface area contributed by atoms with Crippen LogP contribution in [0.25, 0.3) is 11.4 Å². The number of nitrogens with two attached hydrogens (primary N) is 1. The van der Waals surface area contributed by atoms with Crippen molar-refractivity contribution in [1.29, 1.82) is 0 Å². The van der Waals surface area contributed by atoms with Gasteiger partial charge in [0.25, 0.3) is 0 Å². The fourth-order valence-corrected chi connectivity index (χ4v) is 2.56. The van der Waals surface area contributed by atoms with Crippen molar-refractivity contribution in [1.82, 2.24) is 14.9 Å². The first-order valence-electron chi connectivity index (χ1n) is 7.64. The molecule has 0 fully saturated rings. The Balaban J connectivity index is 2.00. The summed E-state index contributed by atoms with van der Waals surface area (Å²) in [5.74, 6) is 0.243. The number of rotatable bonds is 4. The molecule has 2 amide bonds. The molecule has 1 aromatic heterocycles. The van der Waals surface area contributed by atoms with Crippen molar-refractivity contribution >= 4 is 35.6 Å². The van der Waals surface area contributed by atoms with Gasteiger partial charge in [0.15, 0.2) is 11.6 Å². The molecule has 1 aliphatic rings. The van der Waals surface area contributed by atoms with Gasteiger partial charge < -0.3 is 10.7 Å². The number of anilines is 2. The van der Waals surface area contributed by atoms with Gasteiger partial charge in [-0.15, -0.1) is 0 Å². The summed E-state index contributed by atoms with van der Waals surface area (Å²) in [5, 5.41) is 4.99. The molecular weight excluding hydrogens is 337 g/mol. The molecule has 134 valence electrons. The number of urea groups is 1. The van der Waals surface area contributed by atoms with Crippen molar-refractivity contribution < 1.29 is 9.18 Å². The van der Waals surface area contributed by atoms with E-state index in [0.717, 1.165) is 0 Å². The summed E-state index contributed by atoms with van der Waals surface area (Å²) in [6, 6.07) is 5.84. The lowest BCUT2D eigenvalue weighted by Crippen LogP contribution is -2.41. The zero-order valence-electron chi connectivity index (χ0n) is 14.4. The fourth-order valence-electron chi connectivity index (χ4n) is 2.56. The monoisotopic (exact) mass is 355 g/mol. The minimum absolute atomic E-state index is 0.186.